The zero-order valence-corrected chi connectivity index (χ0v) is 12.1. The van der Waals surface area contributed by atoms with Gasteiger partial charge in [0, 0.05) is 0 Å². The molecule has 0 aliphatic carbocycles. The van der Waals surface area contributed by atoms with Gasteiger partial charge in [-0.3, -0.25) is 0 Å². The van der Waals surface area contributed by atoms with E-state index in [0.29, 0.717) is 19.8 Å². The van der Waals surface area contributed by atoms with Crippen molar-refractivity contribution in [2.24, 2.45) is 0 Å². The van der Waals surface area contributed by atoms with Crippen LogP contribution in [-0.4, -0.2) is 35.0 Å². The van der Waals surface area contributed by atoms with Gasteiger partial charge in [0.1, 0.15) is 0 Å². The minimum atomic E-state index is -0.136. The molecule has 0 spiro atoms. The number of hydrogen-bond acceptors (Lipinski definition) is 4. The molecular formula is C9H11MoN2O2S2. The van der Waals surface area contributed by atoms with Crippen molar-refractivity contribution in [1.82, 2.24) is 4.68 Å². The van der Waals surface area contributed by atoms with E-state index in [2.05, 4.69) is 0 Å². The van der Waals surface area contributed by atoms with Crippen LogP contribution in [0.3, 0.4) is 0 Å². The summed E-state index contributed by atoms with van der Waals surface area (Å²) >= 11 is 7.23. The molecule has 0 saturated carbocycles. The summed E-state index contributed by atoms with van der Waals surface area (Å²) in [5, 5.41) is 1.93. The molecule has 0 aromatic carbocycles. The predicted octanol–water partition coefficient (Wildman–Crippen LogP) is 1.28. The molecular weight excluding hydrogens is 328 g/mol. The first-order valence-corrected chi connectivity index (χ1v) is 8.39. The monoisotopic (exact) mass is 341 g/mol. The zero-order valence-electron chi connectivity index (χ0n) is 8.44. The van der Waals surface area contributed by atoms with E-state index >= 15 is 0 Å². The summed E-state index contributed by atoms with van der Waals surface area (Å²) in [5.41, 5.74) is 0. The standard InChI is InChI=1S/C9H12N2O2S2.Mo/c14-9(15)11(10-3-1-2-4-10)8-7-12-5-6-13-8;/h1-4,8H,5-7H2,(H,14,15);/q;+1/p-1. The molecule has 0 amide bonds. The molecule has 1 aromatic rings. The Morgan fingerprint density at radius 3 is 2.75 bits per heavy atom. The molecule has 2 rings (SSSR count). The average Bonchev–Trinajstić information content (AvgIpc) is 2.84. The minimum absolute atomic E-state index is 0.136. The van der Waals surface area contributed by atoms with Crippen LogP contribution in [0.1, 0.15) is 0 Å². The number of ether oxygens (including phenoxy) is 2. The van der Waals surface area contributed by atoms with Gasteiger partial charge in [0.05, 0.1) is 0 Å². The quantitative estimate of drug-likeness (QED) is 0.598. The predicted molar refractivity (Wildman–Crippen MR) is 63.4 cm³/mol. The van der Waals surface area contributed by atoms with E-state index in [4.69, 9.17) is 21.7 Å². The fraction of sp³-hybridized carbons (Fsp3) is 0.444. The maximum absolute atomic E-state index is 5.67. The Balaban J connectivity index is 2.17. The van der Waals surface area contributed by atoms with Gasteiger partial charge in [0.2, 0.25) is 0 Å². The van der Waals surface area contributed by atoms with Crippen molar-refractivity contribution in [1.29, 1.82) is 0 Å². The second-order valence-electron chi connectivity index (χ2n) is 3.16. The SMILES string of the molecule is S=C([S][Mo])N(C1COCCO1)n1cccc1. The molecule has 16 heavy (non-hydrogen) atoms. The third kappa shape index (κ3) is 2.87. The molecule has 4 nitrogen and oxygen atoms in total. The maximum atomic E-state index is 5.67. The van der Waals surface area contributed by atoms with Gasteiger partial charge in [-0.05, 0) is 0 Å². The normalized spacial score (nSPS) is 20.6. The molecule has 1 aliphatic rings. The van der Waals surface area contributed by atoms with Crippen LogP contribution in [0.15, 0.2) is 24.5 Å². The van der Waals surface area contributed by atoms with Gasteiger partial charge in [0.15, 0.2) is 0 Å². The van der Waals surface area contributed by atoms with E-state index in [-0.39, 0.29) is 6.23 Å². The van der Waals surface area contributed by atoms with Crippen molar-refractivity contribution < 1.29 is 28.0 Å². The number of rotatable bonds is 2. The van der Waals surface area contributed by atoms with E-state index in [1.54, 1.807) is 0 Å². The Morgan fingerprint density at radius 1 is 1.44 bits per heavy atom. The van der Waals surface area contributed by atoms with Gasteiger partial charge in [-0.25, -0.2) is 0 Å². The second-order valence-corrected chi connectivity index (χ2v) is 5.58. The van der Waals surface area contributed by atoms with E-state index in [0.717, 1.165) is 4.32 Å². The number of aromatic nitrogens is 1. The van der Waals surface area contributed by atoms with Crippen molar-refractivity contribution in [2.45, 2.75) is 6.23 Å². The Labute approximate surface area is 114 Å². The summed E-state index contributed by atoms with van der Waals surface area (Å²) in [6.07, 6.45) is 3.76. The molecule has 1 fully saturated rings. The summed E-state index contributed by atoms with van der Waals surface area (Å²) in [7, 11) is 1.54. The van der Waals surface area contributed by atoms with Gasteiger partial charge in [0.25, 0.3) is 0 Å². The summed E-state index contributed by atoms with van der Waals surface area (Å²) < 4.78 is 13.8. The summed E-state index contributed by atoms with van der Waals surface area (Å²) in [4.78, 5) is 0. The third-order valence-electron chi connectivity index (χ3n) is 2.17. The van der Waals surface area contributed by atoms with E-state index in [1.165, 1.54) is 9.47 Å². The summed E-state index contributed by atoms with van der Waals surface area (Å²) in [5.74, 6) is 0. The topological polar surface area (TPSA) is 26.6 Å². The van der Waals surface area contributed by atoms with Gasteiger partial charge in [-0.2, -0.15) is 0 Å². The van der Waals surface area contributed by atoms with E-state index in [9.17, 15) is 0 Å². The Kier molecular flexibility index (Phi) is 4.85. The molecule has 1 aromatic heterocycles. The molecule has 1 atom stereocenters. The van der Waals surface area contributed by atoms with Gasteiger partial charge in [-0.1, -0.05) is 0 Å². The van der Waals surface area contributed by atoms with Gasteiger partial charge < -0.3 is 0 Å². The fourth-order valence-corrected chi connectivity index (χ4v) is 2.55. The van der Waals surface area contributed by atoms with Crippen molar-refractivity contribution in [3.8, 4) is 0 Å². The fourth-order valence-electron chi connectivity index (χ4n) is 1.48. The molecule has 0 N–H and O–H groups in total. The second kappa shape index (κ2) is 6.17. The molecule has 1 unspecified atom stereocenters. The van der Waals surface area contributed by atoms with Gasteiger partial charge in [-0.15, -0.1) is 0 Å². The Morgan fingerprint density at radius 2 is 2.19 bits per heavy atom. The molecule has 87 valence electrons. The number of thiocarbonyl (C=S) groups is 1. The van der Waals surface area contributed by atoms with Crippen LogP contribution in [-0.2, 0) is 28.0 Å². The number of hydrogen-bond donors (Lipinski definition) is 0. The van der Waals surface area contributed by atoms with Gasteiger partial charge >= 0.3 is 114 Å². The molecule has 0 bridgehead atoms. The van der Waals surface area contributed by atoms with Crippen LogP contribution in [0.2, 0.25) is 0 Å². The van der Waals surface area contributed by atoms with Crippen molar-refractivity contribution >= 4 is 26.0 Å². The Bertz CT molecular complexity index is 341. The molecule has 7 heteroatoms. The van der Waals surface area contributed by atoms with E-state index < -0.39 is 0 Å². The van der Waals surface area contributed by atoms with Crippen LogP contribution < -0.4 is 5.01 Å². The van der Waals surface area contributed by atoms with Crippen molar-refractivity contribution in [3.63, 3.8) is 0 Å². The van der Waals surface area contributed by atoms with Crippen LogP contribution in [0.4, 0.5) is 0 Å². The average molecular weight is 339 g/mol. The first-order valence-electron chi connectivity index (χ1n) is 4.78. The van der Waals surface area contributed by atoms with Crippen LogP contribution >= 0.6 is 21.7 Å². The Hall–Kier alpha value is 0.128. The molecule has 2 heterocycles. The zero-order chi connectivity index (χ0) is 11.4. The third-order valence-corrected chi connectivity index (χ3v) is 4.94. The summed E-state index contributed by atoms with van der Waals surface area (Å²) in [6, 6.07) is 3.92. The molecule has 1 aliphatic heterocycles. The van der Waals surface area contributed by atoms with Crippen molar-refractivity contribution in [3.05, 3.63) is 24.5 Å². The first kappa shape index (κ1) is 12.6. The van der Waals surface area contributed by atoms with Crippen LogP contribution in [0.25, 0.3) is 0 Å². The molecule has 1 saturated heterocycles. The summed E-state index contributed by atoms with van der Waals surface area (Å²) in [6.45, 7) is 1.81. The van der Waals surface area contributed by atoms with Crippen LogP contribution in [0.5, 0.6) is 0 Å². The first-order chi connectivity index (χ1) is 7.83. The van der Waals surface area contributed by atoms with Crippen LogP contribution in [0, 0.1) is 0 Å². The van der Waals surface area contributed by atoms with Crippen molar-refractivity contribution in [2.75, 3.05) is 24.8 Å². The molecule has 0 radical (unpaired) electrons. The number of nitrogens with zero attached hydrogens (tertiary/aromatic N) is 2. The van der Waals surface area contributed by atoms with E-state index in [1.807, 2.05) is 52.7 Å².